The Balaban J connectivity index is 1.95. The molecule has 2 N–H and O–H groups in total. The van der Waals surface area contributed by atoms with E-state index in [1.54, 1.807) is 20.8 Å². The first kappa shape index (κ1) is 22.8. The number of rotatable bonds is 7. The average Bonchev–Trinajstić information content (AvgIpc) is 3.25. The van der Waals surface area contributed by atoms with E-state index >= 15 is 0 Å². The van der Waals surface area contributed by atoms with E-state index in [1.165, 1.54) is 12.8 Å². The van der Waals surface area contributed by atoms with Gasteiger partial charge >= 0.3 is 6.09 Å². The lowest BCUT2D eigenvalue weighted by Gasteiger charge is -2.35. The van der Waals surface area contributed by atoms with Crippen molar-refractivity contribution in [1.29, 1.82) is 0 Å². The molecule has 6 nitrogen and oxygen atoms in total. The van der Waals surface area contributed by atoms with Gasteiger partial charge in [-0.15, -0.1) is 0 Å². The highest BCUT2D eigenvalue weighted by atomic mass is 16.6. The van der Waals surface area contributed by atoms with E-state index in [0.717, 1.165) is 19.6 Å². The van der Waals surface area contributed by atoms with Gasteiger partial charge in [0.25, 0.3) is 5.91 Å². The first-order valence-electron chi connectivity index (χ1n) is 10.9. The minimum absolute atomic E-state index is 0.282. The minimum atomic E-state index is -1.41. The Morgan fingerprint density at radius 1 is 0.903 bits per heavy atom. The number of ether oxygens (including phenoxy) is 1. The van der Waals surface area contributed by atoms with Crippen LogP contribution in [0.15, 0.2) is 60.7 Å². The summed E-state index contributed by atoms with van der Waals surface area (Å²) in [6.07, 6.45) is 1.76. The smallest absolute Gasteiger partial charge is 0.409 e. The van der Waals surface area contributed by atoms with Crippen LogP contribution in [0.3, 0.4) is 0 Å². The average molecular weight is 424 g/mol. The Bertz CT molecular complexity index is 817. The molecular weight excluding hydrogens is 390 g/mol. The van der Waals surface area contributed by atoms with Gasteiger partial charge in [0.05, 0.1) is 0 Å². The SMILES string of the molecule is CC(C)(C)OC(=O)NC(C(=O)NCCN1CCCC1)(c1ccccc1)c1ccccc1. The molecule has 0 atom stereocenters. The standard InChI is InChI=1S/C25H33N3O3/c1-24(2,3)31-23(30)27-25(20-12-6-4-7-13-20,21-14-8-5-9-15-21)22(29)26-16-19-28-17-10-11-18-28/h4-9,12-15H,10-11,16-19H2,1-3H3,(H,26,29)(H,27,30). The number of likely N-dealkylation sites (tertiary alicyclic amines) is 1. The van der Waals surface area contributed by atoms with Crippen LogP contribution >= 0.6 is 0 Å². The summed E-state index contributed by atoms with van der Waals surface area (Å²) >= 11 is 0. The first-order valence-corrected chi connectivity index (χ1v) is 10.9. The number of amides is 2. The molecule has 0 aromatic heterocycles. The van der Waals surface area contributed by atoms with Crippen molar-refractivity contribution in [2.24, 2.45) is 0 Å². The molecule has 0 spiro atoms. The Morgan fingerprint density at radius 3 is 1.90 bits per heavy atom. The molecule has 6 heteroatoms. The molecule has 1 saturated heterocycles. The van der Waals surface area contributed by atoms with Crippen LogP contribution in [0.2, 0.25) is 0 Å². The van der Waals surface area contributed by atoms with Crippen LogP contribution in [-0.4, -0.2) is 48.7 Å². The number of nitrogens with one attached hydrogen (secondary N) is 2. The number of hydrogen-bond acceptors (Lipinski definition) is 4. The van der Waals surface area contributed by atoms with Gasteiger partial charge in [0, 0.05) is 13.1 Å². The molecule has 0 radical (unpaired) electrons. The van der Waals surface area contributed by atoms with Crippen LogP contribution in [-0.2, 0) is 15.1 Å². The Kier molecular flexibility index (Phi) is 7.33. The van der Waals surface area contributed by atoms with Gasteiger partial charge in [-0.25, -0.2) is 4.79 Å². The normalized spacial score (nSPS) is 14.8. The maximum Gasteiger partial charge on any atom is 0.409 e. The molecule has 0 aliphatic carbocycles. The molecule has 1 aliphatic heterocycles. The van der Waals surface area contributed by atoms with Crippen LogP contribution < -0.4 is 10.6 Å². The topological polar surface area (TPSA) is 70.7 Å². The van der Waals surface area contributed by atoms with Gasteiger partial charge in [-0.2, -0.15) is 0 Å². The summed E-state index contributed by atoms with van der Waals surface area (Å²) in [5, 5.41) is 5.98. The van der Waals surface area contributed by atoms with Crippen molar-refractivity contribution in [3.63, 3.8) is 0 Å². The Labute approximate surface area is 185 Å². The summed E-state index contributed by atoms with van der Waals surface area (Å²) in [7, 11) is 0. The van der Waals surface area contributed by atoms with E-state index < -0.39 is 17.2 Å². The molecule has 0 bridgehead atoms. The largest absolute Gasteiger partial charge is 0.444 e. The number of nitrogens with zero attached hydrogens (tertiary/aromatic N) is 1. The van der Waals surface area contributed by atoms with E-state index in [0.29, 0.717) is 17.7 Å². The number of benzene rings is 2. The number of hydrogen-bond donors (Lipinski definition) is 2. The Hall–Kier alpha value is -2.86. The molecule has 0 saturated carbocycles. The molecule has 2 aromatic carbocycles. The van der Waals surface area contributed by atoms with E-state index in [1.807, 2.05) is 60.7 Å². The van der Waals surface area contributed by atoms with Crippen LogP contribution in [0.4, 0.5) is 4.79 Å². The highest BCUT2D eigenvalue weighted by Gasteiger charge is 2.44. The zero-order chi connectivity index (χ0) is 22.3. The molecular formula is C25H33N3O3. The fraction of sp³-hybridized carbons (Fsp3) is 0.440. The summed E-state index contributed by atoms with van der Waals surface area (Å²) in [4.78, 5) is 29.0. The molecule has 2 aromatic rings. The van der Waals surface area contributed by atoms with E-state index in [4.69, 9.17) is 4.74 Å². The maximum atomic E-state index is 13.7. The molecule has 31 heavy (non-hydrogen) atoms. The summed E-state index contributed by atoms with van der Waals surface area (Å²) in [5.74, 6) is -0.282. The van der Waals surface area contributed by atoms with Crippen LogP contribution in [0.5, 0.6) is 0 Å². The predicted octanol–water partition coefficient (Wildman–Crippen LogP) is 3.67. The lowest BCUT2D eigenvalue weighted by Crippen LogP contribution is -2.58. The van der Waals surface area contributed by atoms with Gasteiger partial charge < -0.3 is 15.0 Å². The Morgan fingerprint density at radius 2 is 1.42 bits per heavy atom. The van der Waals surface area contributed by atoms with E-state index in [9.17, 15) is 9.59 Å². The van der Waals surface area contributed by atoms with Crippen molar-refractivity contribution in [3.8, 4) is 0 Å². The molecule has 1 fully saturated rings. The van der Waals surface area contributed by atoms with Crippen molar-refractivity contribution >= 4 is 12.0 Å². The van der Waals surface area contributed by atoms with Gasteiger partial charge in [0.2, 0.25) is 0 Å². The number of carbonyl (C=O) groups is 2. The second-order valence-electron chi connectivity index (χ2n) is 8.91. The van der Waals surface area contributed by atoms with Crippen molar-refractivity contribution < 1.29 is 14.3 Å². The zero-order valence-corrected chi connectivity index (χ0v) is 18.7. The zero-order valence-electron chi connectivity index (χ0n) is 18.7. The van der Waals surface area contributed by atoms with Gasteiger partial charge in [-0.1, -0.05) is 60.7 Å². The lowest BCUT2D eigenvalue weighted by molar-refractivity contribution is -0.126. The molecule has 0 unspecified atom stereocenters. The maximum absolute atomic E-state index is 13.7. The van der Waals surface area contributed by atoms with Gasteiger partial charge in [0.15, 0.2) is 5.54 Å². The predicted molar refractivity (Wildman–Crippen MR) is 122 cm³/mol. The van der Waals surface area contributed by atoms with Gasteiger partial charge in [-0.05, 0) is 57.8 Å². The third-order valence-electron chi connectivity index (χ3n) is 5.35. The first-order chi connectivity index (χ1) is 14.8. The van der Waals surface area contributed by atoms with Crippen LogP contribution in [0.25, 0.3) is 0 Å². The second kappa shape index (κ2) is 9.96. The minimum Gasteiger partial charge on any atom is -0.444 e. The lowest BCUT2D eigenvalue weighted by atomic mass is 9.81. The van der Waals surface area contributed by atoms with Crippen LogP contribution in [0, 0.1) is 0 Å². The van der Waals surface area contributed by atoms with E-state index in [-0.39, 0.29) is 5.91 Å². The molecule has 2 amide bonds. The number of alkyl carbamates (subject to hydrolysis) is 1. The van der Waals surface area contributed by atoms with Crippen LogP contribution in [0.1, 0.15) is 44.7 Å². The van der Waals surface area contributed by atoms with Gasteiger partial charge in [0.1, 0.15) is 5.60 Å². The highest BCUT2D eigenvalue weighted by molar-refractivity contribution is 5.94. The third kappa shape index (κ3) is 5.85. The molecule has 3 rings (SSSR count). The highest BCUT2D eigenvalue weighted by Crippen LogP contribution is 2.31. The van der Waals surface area contributed by atoms with Crippen molar-refractivity contribution in [1.82, 2.24) is 15.5 Å². The summed E-state index contributed by atoms with van der Waals surface area (Å²) in [5.41, 5.74) is -0.748. The second-order valence-corrected chi connectivity index (χ2v) is 8.91. The summed E-state index contributed by atoms with van der Waals surface area (Å²) in [6, 6.07) is 18.6. The third-order valence-corrected chi connectivity index (χ3v) is 5.35. The summed E-state index contributed by atoms with van der Waals surface area (Å²) < 4.78 is 5.53. The fourth-order valence-electron chi connectivity index (χ4n) is 3.93. The van der Waals surface area contributed by atoms with Gasteiger partial charge in [-0.3, -0.25) is 10.1 Å². The monoisotopic (exact) mass is 423 g/mol. The number of carbonyl (C=O) groups excluding carboxylic acids is 2. The molecule has 1 aliphatic rings. The van der Waals surface area contributed by atoms with Crippen molar-refractivity contribution in [3.05, 3.63) is 71.8 Å². The van der Waals surface area contributed by atoms with Crippen molar-refractivity contribution in [2.45, 2.75) is 44.8 Å². The molecule has 166 valence electrons. The molecule has 1 heterocycles. The van der Waals surface area contributed by atoms with Crippen molar-refractivity contribution in [2.75, 3.05) is 26.2 Å². The quantitative estimate of drug-likeness (QED) is 0.713. The van der Waals surface area contributed by atoms with E-state index in [2.05, 4.69) is 15.5 Å². The fourth-order valence-corrected chi connectivity index (χ4v) is 3.93. The summed E-state index contributed by atoms with van der Waals surface area (Å²) in [6.45, 7) is 8.83.